The van der Waals surface area contributed by atoms with Crippen LogP contribution < -0.4 is 4.74 Å². The maximum atomic E-state index is 12.7. The molecular formula is C19H18F3N3O3S. The minimum absolute atomic E-state index is 0.107. The van der Waals surface area contributed by atoms with Crippen LogP contribution in [0.2, 0.25) is 0 Å². The average molecular weight is 425 g/mol. The van der Waals surface area contributed by atoms with E-state index in [9.17, 15) is 18.0 Å². The Hall–Kier alpha value is -2.88. The molecule has 0 aliphatic rings. The highest BCUT2D eigenvalue weighted by Gasteiger charge is 2.31. The fourth-order valence-electron chi connectivity index (χ4n) is 2.70. The Morgan fingerprint density at radius 1 is 1.31 bits per heavy atom. The molecule has 0 amide bonds. The fraction of sp³-hybridized carbons (Fsp3) is 0.316. The first-order valence-corrected chi connectivity index (χ1v) is 9.45. The van der Waals surface area contributed by atoms with E-state index in [2.05, 4.69) is 21.4 Å². The van der Waals surface area contributed by atoms with Gasteiger partial charge in [-0.3, -0.25) is 4.68 Å². The SMILES string of the molecule is C=C(C)c1nc2c(Cn3nc(C(=O)OCC)cc3C)cc(OC(F)(F)F)cc2s1. The third-order valence-corrected chi connectivity index (χ3v) is 5.10. The number of rotatable bonds is 6. The third-order valence-electron chi connectivity index (χ3n) is 3.93. The van der Waals surface area contributed by atoms with E-state index in [0.717, 1.165) is 0 Å². The molecule has 2 heterocycles. The summed E-state index contributed by atoms with van der Waals surface area (Å²) < 4.78 is 49.3. The van der Waals surface area contributed by atoms with Gasteiger partial charge < -0.3 is 9.47 Å². The number of alkyl halides is 3. The van der Waals surface area contributed by atoms with Crippen LogP contribution in [0, 0.1) is 6.92 Å². The molecule has 6 nitrogen and oxygen atoms in total. The van der Waals surface area contributed by atoms with Gasteiger partial charge in [-0.05, 0) is 44.5 Å². The van der Waals surface area contributed by atoms with Crippen molar-refractivity contribution in [1.29, 1.82) is 0 Å². The molecule has 10 heteroatoms. The molecule has 0 atom stereocenters. The molecule has 3 aromatic rings. The number of hydrogen-bond acceptors (Lipinski definition) is 6. The van der Waals surface area contributed by atoms with Crippen molar-refractivity contribution in [2.75, 3.05) is 6.61 Å². The zero-order chi connectivity index (χ0) is 21.3. The van der Waals surface area contributed by atoms with Crippen molar-refractivity contribution in [2.24, 2.45) is 0 Å². The van der Waals surface area contributed by atoms with Crippen LogP contribution in [0.1, 0.15) is 40.6 Å². The summed E-state index contributed by atoms with van der Waals surface area (Å²) in [6, 6.07) is 4.14. The Bertz CT molecular complexity index is 1090. The molecule has 0 fully saturated rings. The second kappa shape index (κ2) is 7.86. The highest BCUT2D eigenvalue weighted by molar-refractivity contribution is 7.19. The highest BCUT2D eigenvalue weighted by Crippen LogP contribution is 2.34. The lowest BCUT2D eigenvalue weighted by atomic mass is 10.2. The third kappa shape index (κ3) is 4.76. The number of esters is 1. The molecule has 29 heavy (non-hydrogen) atoms. The lowest BCUT2D eigenvalue weighted by Crippen LogP contribution is -2.17. The average Bonchev–Trinajstić information content (AvgIpc) is 3.18. The number of carbonyl (C=O) groups excluding carboxylic acids is 1. The summed E-state index contributed by atoms with van der Waals surface area (Å²) in [5.41, 5.74) is 2.50. The largest absolute Gasteiger partial charge is 0.573 e. The van der Waals surface area contributed by atoms with Crippen molar-refractivity contribution in [1.82, 2.24) is 14.8 Å². The number of allylic oxidation sites excluding steroid dienone is 1. The molecule has 154 valence electrons. The van der Waals surface area contributed by atoms with Gasteiger partial charge in [-0.2, -0.15) is 5.10 Å². The summed E-state index contributed by atoms with van der Waals surface area (Å²) in [5, 5.41) is 4.83. The van der Waals surface area contributed by atoms with Gasteiger partial charge in [-0.1, -0.05) is 6.58 Å². The molecule has 1 aromatic carbocycles. The lowest BCUT2D eigenvalue weighted by Gasteiger charge is -2.11. The van der Waals surface area contributed by atoms with Gasteiger partial charge in [0.25, 0.3) is 0 Å². The van der Waals surface area contributed by atoms with Crippen LogP contribution >= 0.6 is 11.3 Å². The first-order valence-electron chi connectivity index (χ1n) is 8.64. The number of carbonyl (C=O) groups is 1. The predicted molar refractivity (Wildman–Crippen MR) is 103 cm³/mol. The summed E-state index contributed by atoms with van der Waals surface area (Å²) in [5.74, 6) is -0.904. The summed E-state index contributed by atoms with van der Waals surface area (Å²) in [6.45, 7) is 9.36. The van der Waals surface area contributed by atoms with Crippen molar-refractivity contribution >= 4 is 33.1 Å². The van der Waals surface area contributed by atoms with Crippen LogP contribution in [0.25, 0.3) is 15.8 Å². The van der Waals surface area contributed by atoms with Crippen LogP contribution in [0.15, 0.2) is 24.8 Å². The van der Waals surface area contributed by atoms with Crippen molar-refractivity contribution in [3.05, 3.63) is 46.7 Å². The number of ether oxygens (including phenoxy) is 2. The van der Waals surface area contributed by atoms with Gasteiger partial charge in [-0.25, -0.2) is 9.78 Å². The molecule has 0 radical (unpaired) electrons. The maximum Gasteiger partial charge on any atom is 0.573 e. The Morgan fingerprint density at radius 3 is 2.66 bits per heavy atom. The minimum atomic E-state index is -4.81. The topological polar surface area (TPSA) is 66.2 Å². The van der Waals surface area contributed by atoms with Gasteiger partial charge in [-0.15, -0.1) is 24.5 Å². The number of halogens is 3. The lowest BCUT2D eigenvalue weighted by molar-refractivity contribution is -0.274. The molecule has 0 spiro atoms. The molecule has 0 aliphatic heterocycles. The minimum Gasteiger partial charge on any atom is -0.461 e. The van der Waals surface area contributed by atoms with Crippen LogP contribution in [0.4, 0.5) is 13.2 Å². The number of aromatic nitrogens is 3. The number of hydrogen-bond donors (Lipinski definition) is 0. The van der Waals surface area contributed by atoms with E-state index in [1.165, 1.54) is 28.2 Å². The van der Waals surface area contributed by atoms with Gasteiger partial charge >= 0.3 is 12.3 Å². The molecule has 3 rings (SSSR count). The molecular weight excluding hydrogens is 407 g/mol. The van der Waals surface area contributed by atoms with Crippen LogP contribution in [-0.2, 0) is 11.3 Å². The van der Waals surface area contributed by atoms with Gasteiger partial charge in [0.15, 0.2) is 5.69 Å². The van der Waals surface area contributed by atoms with Crippen molar-refractivity contribution < 1.29 is 27.4 Å². The van der Waals surface area contributed by atoms with Crippen molar-refractivity contribution in [3.63, 3.8) is 0 Å². The van der Waals surface area contributed by atoms with Crippen LogP contribution in [0.5, 0.6) is 5.75 Å². The Labute approximate surface area is 168 Å². The number of thiazole rings is 1. The molecule has 0 unspecified atom stereocenters. The molecule has 0 bridgehead atoms. The summed E-state index contributed by atoms with van der Waals surface area (Å²) in [4.78, 5) is 16.4. The number of fused-ring (bicyclic) bond motifs is 1. The molecule has 2 aromatic heterocycles. The number of benzene rings is 1. The Kier molecular flexibility index (Phi) is 5.65. The van der Waals surface area contributed by atoms with Gasteiger partial charge in [0, 0.05) is 11.3 Å². The van der Waals surface area contributed by atoms with Gasteiger partial charge in [0.2, 0.25) is 0 Å². The van der Waals surface area contributed by atoms with E-state index in [4.69, 9.17) is 4.74 Å². The van der Waals surface area contributed by atoms with Crippen LogP contribution in [0.3, 0.4) is 0 Å². The van der Waals surface area contributed by atoms with Crippen LogP contribution in [-0.4, -0.2) is 33.7 Å². The number of aryl methyl sites for hydroxylation is 1. The molecule has 0 saturated heterocycles. The van der Waals surface area contributed by atoms with E-state index >= 15 is 0 Å². The monoisotopic (exact) mass is 425 g/mol. The van der Waals surface area contributed by atoms with E-state index in [0.29, 0.717) is 32.1 Å². The van der Waals surface area contributed by atoms with E-state index in [-0.39, 0.29) is 24.6 Å². The second-order valence-corrected chi connectivity index (χ2v) is 7.36. The standard InChI is InChI=1S/C19H18F3N3O3S/c1-5-27-18(26)14-6-11(4)25(24-14)9-12-7-13(28-19(20,21)22)8-15-16(12)23-17(29-15)10(2)3/h6-8H,2,5,9H2,1,3-4H3. The number of nitrogens with zero attached hydrogens (tertiary/aromatic N) is 3. The fourth-order valence-corrected chi connectivity index (χ4v) is 3.67. The summed E-state index contributed by atoms with van der Waals surface area (Å²) in [7, 11) is 0. The van der Waals surface area contributed by atoms with E-state index in [1.807, 2.05) is 0 Å². The smallest absolute Gasteiger partial charge is 0.461 e. The Morgan fingerprint density at radius 2 is 2.03 bits per heavy atom. The highest BCUT2D eigenvalue weighted by atomic mass is 32.1. The van der Waals surface area contributed by atoms with Gasteiger partial charge in [0.05, 0.1) is 23.4 Å². The molecule has 0 aliphatic carbocycles. The predicted octanol–water partition coefficient (Wildman–Crippen LogP) is 4.96. The first kappa shape index (κ1) is 20.8. The van der Waals surface area contributed by atoms with E-state index in [1.54, 1.807) is 26.8 Å². The van der Waals surface area contributed by atoms with E-state index < -0.39 is 12.3 Å². The van der Waals surface area contributed by atoms with Gasteiger partial charge in [0.1, 0.15) is 10.8 Å². The first-order chi connectivity index (χ1) is 13.6. The molecule has 0 saturated carbocycles. The zero-order valence-corrected chi connectivity index (χ0v) is 16.8. The van der Waals surface area contributed by atoms with Crippen molar-refractivity contribution in [2.45, 2.75) is 33.7 Å². The quantitative estimate of drug-likeness (QED) is 0.523. The van der Waals surface area contributed by atoms with Crippen molar-refractivity contribution in [3.8, 4) is 5.75 Å². The molecule has 0 N–H and O–H groups in total. The summed E-state index contributed by atoms with van der Waals surface area (Å²) in [6.07, 6.45) is -4.81. The zero-order valence-electron chi connectivity index (χ0n) is 16.0. The second-order valence-electron chi connectivity index (χ2n) is 6.33. The maximum absolute atomic E-state index is 12.7. The normalized spacial score (nSPS) is 11.7. The summed E-state index contributed by atoms with van der Waals surface area (Å²) >= 11 is 1.23. The Balaban J connectivity index is 2.05.